The number of aliphatic carboxylic acids is 1. The monoisotopic (exact) mass is 430 g/mol. The fraction of sp³-hybridized carbons (Fsp3) is 0.409. The molecule has 0 spiro atoms. The van der Waals surface area contributed by atoms with Gasteiger partial charge in [-0.2, -0.15) is 0 Å². The summed E-state index contributed by atoms with van der Waals surface area (Å²) in [5, 5.41) is 21.3. The average Bonchev–Trinajstić information content (AvgIpc) is 2.66. The molecule has 31 heavy (non-hydrogen) atoms. The molecule has 0 amide bonds. The van der Waals surface area contributed by atoms with Crippen molar-refractivity contribution < 1.29 is 29.2 Å². The molecule has 166 valence electrons. The van der Waals surface area contributed by atoms with Crippen LogP contribution in [0.25, 0.3) is 0 Å². The van der Waals surface area contributed by atoms with Gasteiger partial charge in [0.25, 0.3) is 5.69 Å². The molecule has 0 aliphatic carbocycles. The van der Waals surface area contributed by atoms with E-state index in [-0.39, 0.29) is 35.6 Å². The minimum absolute atomic E-state index is 0.0791. The maximum absolute atomic E-state index is 13.1. The summed E-state index contributed by atoms with van der Waals surface area (Å²) in [6.45, 7) is 8.23. The van der Waals surface area contributed by atoms with Gasteiger partial charge in [0.2, 0.25) is 0 Å². The SMILES string of the molecule is CC(=O)CCN1C(C)=C(C(=O)O)C(c2cccc([N+](=O)[O-])c2)C(C(=O)OC(C)C)=C1C. The van der Waals surface area contributed by atoms with Crippen LogP contribution in [0.3, 0.4) is 0 Å². The van der Waals surface area contributed by atoms with Crippen molar-refractivity contribution in [3.8, 4) is 0 Å². The Morgan fingerprint density at radius 2 is 1.81 bits per heavy atom. The first-order valence-corrected chi connectivity index (χ1v) is 9.82. The van der Waals surface area contributed by atoms with Crippen molar-refractivity contribution in [1.29, 1.82) is 0 Å². The molecule has 1 aromatic rings. The Kier molecular flexibility index (Phi) is 7.32. The Balaban J connectivity index is 2.77. The molecule has 0 fully saturated rings. The van der Waals surface area contributed by atoms with Crippen LogP contribution in [0, 0.1) is 10.1 Å². The largest absolute Gasteiger partial charge is 0.478 e. The standard InChI is InChI=1S/C22H26N2O7/c1-12(2)31-22(28)19-15(5)23(10-9-13(3)25)14(4)18(21(26)27)20(19)16-7-6-8-17(11-16)24(29)30/h6-8,11-12,20H,9-10H2,1-5H3,(H,26,27). The number of hydrogen-bond donors (Lipinski definition) is 1. The van der Waals surface area contributed by atoms with Crippen LogP contribution < -0.4 is 0 Å². The molecule has 1 N–H and O–H groups in total. The first-order valence-electron chi connectivity index (χ1n) is 9.82. The quantitative estimate of drug-likeness (QED) is 0.377. The van der Waals surface area contributed by atoms with Crippen LogP contribution in [-0.4, -0.2) is 45.3 Å². The summed E-state index contributed by atoms with van der Waals surface area (Å²) in [4.78, 5) is 49.2. The lowest BCUT2D eigenvalue weighted by molar-refractivity contribution is -0.384. The fourth-order valence-electron chi connectivity index (χ4n) is 3.68. The molecule has 1 aromatic carbocycles. The highest BCUT2D eigenvalue weighted by atomic mass is 16.6. The highest BCUT2D eigenvalue weighted by Crippen LogP contribution is 2.43. The molecule has 0 saturated heterocycles. The minimum atomic E-state index is -1.26. The third-order valence-electron chi connectivity index (χ3n) is 5.06. The van der Waals surface area contributed by atoms with Crippen molar-refractivity contribution in [2.75, 3.05) is 6.54 Å². The van der Waals surface area contributed by atoms with Gasteiger partial charge in [-0.1, -0.05) is 12.1 Å². The van der Waals surface area contributed by atoms with Crippen molar-refractivity contribution in [3.05, 3.63) is 62.5 Å². The second-order valence-corrected chi connectivity index (χ2v) is 7.65. The average molecular weight is 430 g/mol. The highest BCUT2D eigenvalue weighted by Gasteiger charge is 2.40. The number of carboxylic acids is 1. The summed E-state index contributed by atoms with van der Waals surface area (Å²) in [5.74, 6) is -3.10. The number of benzene rings is 1. The van der Waals surface area contributed by atoms with Crippen LogP contribution in [0.15, 0.2) is 46.8 Å². The van der Waals surface area contributed by atoms with Crippen LogP contribution in [0.5, 0.6) is 0 Å². The van der Waals surface area contributed by atoms with Gasteiger partial charge in [0.1, 0.15) is 5.78 Å². The van der Waals surface area contributed by atoms with E-state index in [2.05, 4.69) is 0 Å². The molecule has 1 atom stereocenters. The number of rotatable bonds is 8. The molecular weight excluding hydrogens is 404 g/mol. The van der Waals surface area contributed by atoms with E-state index in [0.717, 1.165) is 0 Å². The van der Waals surface area contributed by atoms with Crippen LogP contribution in [-0.2, 0) is 19.1 Å². The van der Waals surface area contributed by atoms with Gasteiger partial charge in [-0.05, 0) is 40.2 Å². The summed E-state index contributed by atoms with van der Waals surface area (Å²) in [6.07, 6.45) is -0.292. The summed E-state index contributed by atoms with van der Waals surface area (Å²) < 4.78 is 5.39. The van der Waals surface area contributed by atoms with Crippen LogP contribution in [0.1, 0.15) is 52.5 Å². The number of hydrogen-bond acceptors (Lipinski definition) is 7. The first-order chi connectivity index (χ1) is 14.5. The third-order valence-corrected chi connectivity index (χ3v) is 5.06. The second-order valence-electron chi connectivity index (χ2n) is 7.65. The first kappa shape index (κ1) is 23.8. The van der Waals surface area contributed by atoms with Gasteiger partial charge in [0.15, 0.2) is 0 Å². The van der Waals surface area contributed by atoms with Crippen LogP contribution in [0.2, 0.25) is 0 Å². The third kappa shape index (κ3) is 5.17. The highest BCUT2D eigenvalue weighted by molar-refractivity contribution is 5.99. The number of carboxylic acid groups (broad SMARTS) is 1. The molecule has 1 aliphatic rings. The van der Waals surface area contributed by atoms with Crippen LogP contribution >= 0.6 is 0 Å². The lowest BCUT2D eigenvalue weighted by Gasteiger charge is -2.37. The molecule has 1 unspecified atom stereocenters. The lowest BCUT2D eigenvalue weighted by atomic mass is 9.79. The number of Topliss-reactive ketones (excluding diaryl/α,β-unsaturated/α-hetero) is 1. The Morgan fingerprint density at radius 3 is 2.32 bits per heavy atom. The maximum atomic E-state index is 13.1. The van der Waals surface area contributed by atoms with Gasteiger partial charge in [-0.25, -0.2) is 9.59 Å². The Labute approximate surface area is 180 Å². The van der Waals surface area contributed by atoms with Crippen LogP contribution in [0.4, 0.5) is 5.69 Å². The summed E-state index contributed by atoms with van der Waals surface area (Å²) >= 11 is 0. The number of carbonyl (C=O) groups excluding carboxylic acids is 2. The van der Waals surface area contributed by atoms with Crippen molar-refractivity contribution in [2.45, 2.75) is 53.1 Å². The molecule has 9 heteroatoms. The molecule has 0 aromatic heterocycles. The molecule has 1 heterocycles. The number of ketones is 1. The van der Waals surface area contributed by atoms with E-state index in [4.69, 9.17) is 4.74 Å². The number of non-ortho nitro benzene ring substituents is 1. The normalized spacial score (nSPS) is 16.6. The fourth-order valence-corrected chi connectivity index (χ4v) is 3.68. The molecular formula is C22H26N2O7. The molecule has 0 bridgehead atoms. The van der Waals surface area contributed by atoms with E-state index in [1.807, 2.05) is 0 Å². The molecule has 0 radical (unpaired) electrons. The summed E-state index contributed by atoms with van der Waals surface area (Å²) in [6, 6.07) is 5.56. The van der Waals surface area contributed by atoms with Gasteiger partial charge in [0, 0.05) is 36.5 Å². The van der Waals surface area contributed by atoms with Gasteiger partial charge >= 0.3 is 11.9 Å². The molecule has 0 saturated carbocycles. The number of nitro groups is 1. The van der Waals surface area contributed by atoms with E-state index in [0.29, 0.717) is 17.0 Å². The van der Waals surface area contributed by atoms with E-state index in [1.165, 1.54) is 25.1 Å². The van der Waals surface area contributed by atoms with Gasteiger partial charge < -0.3 is 14.7 Å². The van der Waals surface area contributed by atoms with Gasteiger partial charge in [-0.3, -0.25) is 14.9 Å². The predicted molar refractivity (Wildman–Crippen MR) is 112 cm³/mol. The Morgan fingerprint density at radius 1 is 1.19 bits per heavy atom. The minimum Gasteiger partial charge on any atom is -0.478 e. The van der Waals surface area contributed by atoms with E-state index in [9.17, 15) is 29.6 Å². The number of allylic oxidation sites excluding steroid dienone is 2. The predicted octanol–water partition coefficient (Wildman–Crippen LogP) is 3.56. The topological polar surface area (TPSA) is 127 Å². The van der Waals surface area contributed by atoms with Gasteiger partial charge in [0.05, 0.1) is 28.1 Å². The van der Waals surface area contributed by atoms with E-state index >= 15 is 0 Å². The van der Waals surface area contributed by atoms with Crippen molar-refractivity contribution in [3.63, 3.8) is 0 Å². The summed E-state index contributed by atoms with van der Waals surface area (Å²) in [5.41, 5.74) is 0.890. The number of esters is 1. The van der Waals surface area contributed by atoms with Crippen molar-refractivity contribution in [1.82, 2.24) is 4.90 Å². The molecule has 2 rings (SSSR count). The number of ether oxygens (including phenoxy) is 1. The van der Waals surface area contributed by atoms with Crippen molar-refractivity contribution in [2.24, 2.45) is 0 Å². The number of carbonyl (C=O) groups is 3. The second kappa shape index (κ2) is 9.55. The molecule has 1 aliphatic heterocycles. The lowest BCUT2D eigenvalue weighted by Crippen LogP contribution is -2.36. The zero-order valence-electron chi connectivity index (χ0n) is 18.2. The zero-order chi connectivity index (χ0) is 23.5. The Bertz CT molecular complexity index is 991. The Hall–Kier alpha value is -3.49. The van der Waals surface area contributed by atoms with E-state index < -0.39 is 28.9 Å². The number of nitro benzene ring substituents is 1. The molecule has 9 nitrogen and oxygen atoms in total. The maximum Gasteiger partial charge on any atom is 0.337 e. The van der Waals surface area contributed by atoms with Gasteiger partial charge in [-0.15, -0.1) is 0 Å². The van der Waals surface area contributed by atoms with E-state index in [1.54, 1.807) is 38.7 Å². The smallest absolute Gasteiger partial charge is 0.337 e. The number of nitrogens with zero attached hydrogens (tertiary/aromatic N) is 2. The van der Waals surface area contributed by atoms with Crippen molar-refractivity contribution >= 4 is 23.4 Å². The zero-order valence-corrected chi connectivity index (χ0v) is 18.2. The summed E-state index contributed by atoms with van der Waals surface area (Å²) in [7, 11) is 0.